The highest BCUT2D eigenvalue weighted by Gasteiger charge is 2.22. The molecule has 9 nitrogen and oxygen atoms in total. The van der Waals surface area contributed by atoms with E-state index in [0.29, 0.717) is 24.1 Å². The van der Waals surface area contributed by atoms with E-state index in [4.69, 9.17) is 19.2 Å². The molecular weight excluding hydrogens is 418 g/mol. The second-order valence-electron chi connectivity index (χ2n) is 8.17. The van der Waals surface area contributed by atoms with Crippen LogP contribution in [0.5, 0.6) is 0 Å². The van der Waals surface area contributed by atoms with Crippen LogP contribution in [0.1, 0.15) is 31.2 Å². The molecule has 1 aliphatic rings. The van der Waals surface area contributed by atoms with Gasteiger partial charge >= 0.3 is 0 Å². The van der Waals surface area contributed by atoms with E-state index in [1.165, 1.54) is 0 Å². The van der Waals surface area contributed by atoms with Crippen molar-refractivity contribution < 1.29 is 9.26 Å². The Hall–Kier alpha value is -3.43. The molecule has 1 saturated heterocycles. The number of nitrogens with zero attached hydrogens (tertiary/aromatic N) is 7. The van der Waals surface area contributed by atoms with Gasteiger partial charge in [0.05, 0.1) is 12.1 Å². The summed E-state index contributed by atoms with van der Waals surface area (Å²) in [6.45, 7) is 6.13. The van der Waals surface area contributed by atoms with Crippen LogP contribution in [0.4, 0.5) is 5.82 Å². The molecular formula is C24H27N7O2. The van der Waals surface area contributed by atoms with Crippen LogP contribution in [-0.2, 0) is 11.3 Å². The quantitative estimate of drug-likeness (QED) is 0.442. The molecule has 1 aliphatic heterocycles. The van der Waals surface area contributed by atoms with Crippen molar-refractivity contribution in [3.8, 4) is 11.4 Å². The van der Waals surface area contributed by atoms with Crippen LogP contribution in [0.25, 0.3) is 22.3 Å². The molecule has 9 heteroatoms. The Labute approximate surface area is 192 Å². The fraction of sp³-hybridized carbons (Fsp3) is 0.375. The molecule has 1 fully saturated rings. The number of hydrogen-bond donors (Lipinski definition) is 0. The lowest BCUT2D eigenvalue weighted by Gasteiger charge is -2.24. The molecule has 4 heterocycles. The first-order valence-electron chi connectivity index (χ1n) is 11.2. The summed E-state index contributed by atoms with van der Waals surface area (Å²) >= 11 is 0. The monoisotopic (exact) mass is 445 g/mol. The topological polar surface area (TPSA) is 93.3 Å². The molecule has 1 aromatic carbocycles. The van der Waals surface area contributed by atoms with Gasteiger partial charge in [0.1, 0.15) is 11.9 Å². The SMILES string of the molecule is COC(C)c1noc(CN2CCCN(c3nc(-c4cccnc4)nc4ccccc34)CC2)n1. The zero-order valence-electron chi connectivity index (χ0n) is 18.9. The first-order chi connectivity index (χ1) is 16.2. The summed E-state index contributed by atoms with van der Waals surface area (Å²) in [5.41, 5.74) is 1.85. The maximum Gasteiger partial charge on any atom is 0.240 e. The minimum Gasteiger partial charge on any atom is -0.374 e. The summed E-state index contributed by atoms with van der Waals surface area (Å²) < 4.78 is 10.7. The molecule has 0 radical (unpaired) electrons. The Morgan fingerprint density at radius 1 is 1.03 bits per heavy atom. The first kappa shape index (κ1) is 21.4. The van der Waals surface area contributed by atoms with Gasteiger partial charge in [0.15, 0.2) is 11.6 Å². The minimum atomic E-state index is -0.179. The van der Waals surface area contributed by atoms with Crippen molar-refractivity contribution in [2.45, 2.75) is 26.0 Å². The van der Waals surface area contributed by atoms with E-state index in [1.807, 2.05) is 37.3 Å². The van der Waals surface area contributed by atoms with E-state index in [9.17, 15) is 0 Å². The van der Waals surface area contributed by atoms with Crippen LogP contribution >= 0.6 is 0 Å². The fourth-order valence-corrected chi connectivity index (χ4v) is 4.06. The molecule has 170 valence electrons. The summed E-state index contributed by atoms with van der Waals surface area (Å²) in [6, 6.07) is 12.1. The lowest BCUT2D eigenvalue weighted by Crippen LogP contribution is -2.31. The molecule has 4 aromatic rings. The number of rotatable bonds is 6. The molecule has 1 atom stereocenters. The number of hydrogen-bond acceptors (Lipinski definition) is 9. The normalized spacial score (nSPS) is 16.1. The largest absolute Gasteiger partial charge is 0.374 e. The Bertz CT molecular complexity index is 1210. The predicted molar refractivity (Wildman–Crippen MR) is 125 cm³/mol. The standard InChI is InChI=1S/C24H27N7O2/c1-17(32-2)22-27-21(33-29-22)16-30-11-6-12-31(14-13-30)24-19-8-3-4-9-20(19)26-23(28-24)18-7-5-10-25-15-18/h3-5,7-10,15,17H,6,11-14,16H2,1-2H3. The number of benzene rings is 1. The van der Waals surface area contributed by atoms with Gasteiger partial charge in [-0.1, -0.05) is 17.3 Å². The van der Waals surface area contributed by atoms with Crippen molar-refractivity contribution in [1.82, 2.24) is 30.0 Å². The van der Waals surface area contributed by atoms with Gasteiger partial charge in [-0.2, -0.15) is 4.98 Å². The highest BCUT2D eigenvalue weighted by atomic mass is 16.5. The lowest BCUT2D eigenvalue weighted by molar-refractivity contribution is 0.109. The van der Waals surface area contributed by atoms with Gasteiger partial charge < -0.3 is 14.2 Å². The molecule has 1 unspecified atom stereocenters. The Kier molecular flexibility index (Phi) is 6.23. The molecule has 5 rings (SSSR count). The molecule has 0 N–H and O–H groups in total. The van der Waals surface area contributed by atoms with Gasteiger partial charge in [0.2, 0.25) is 5.89 Å². The van der Waals surface area contributed by atoms with Crippen LogP contribution in [0, 0.1) is 0 Å². The number of aromatic nitrogens is 5. The van der Waals surface area contributed by atoms with Crippen LogP contribution in [0.3, 0.4) is 0 Å². The van der Waals surface area contributed by atoms with Gasteiger partial charge in [-0.3, -0.25) is 9.88 Å². The van der Waals surface area contributed by atoms with Crippen molar-refractivity contribution in [1.29, 1.82) is 0 Å². The number of para-hydroxylation sites is 1. The zero-order chi connectivity index (χ0) is 22.6. The molecule has 3 aromatic heterocycles. The zero-order valence-corrected chi connectivity index (χ0v) is 18.9. The maximum atomic E-state index is 5.44. The van der Waals surface area contributed by atoms with Gasteiger partial charge in [0, 0.05) is 56.6 Å². The highest BCUT2D eigenvalue weighted by Crippen LogP contribution is 2.28. The van der Waals surface area contributed by atoms with Gasteiger partial charge in [-0.05, 0) is 37.6 Å². The van der Waals surface area contributed by atoms with E-state index in [2.05, 4.69) is 31.0 Å². The van der Waals surface area contributed by atoms with Crippen molar-refractivity contribution >= 4 is 16.7 Å². The van der Waals surface area contributed by atoms with Crippen molar-refractivity contribution in [2.75, 3.05) is 38.2 Å². The molecule has 0 saturated carbocycles. The van der Waals surface area contributed by atoms with E-state index in [1.54, 1.807) is 19.5 Å². The predicted octanol–water partition coefficient (Wildman–Crippen LogP) is 3.49. The van der Waals surface area contributed by atoms with Gasteiger partial charge in [-0.15, -0.1) is 0 Å². The minimum absolute atomic E-state index is 0.179. The van der Waals surface area contributed by atoms with E-state index < -0.39 is 0 Å². The van der Waals surface area contributed by atoms with Crippen molar-refractivity contribution in [3.05, 3.63) is 60.5 Å². The summed E-state index contributed by atoms with van der Waals surface area (Å²) in [5, 5.41) is 5.10. The van der Waals surface area contributed by atoms with E-state index in [0.717, 1.165) is 54.9 Å². The number of fused-ring (bicyclic) bond motifs is 1. The second-order valence-corrected chi connectivity index (χ2v) is 8.17. The van der Waals surface area contributed by atoms with Crippen LogP contribution in [0.2, 0.25) is 0 Å². The third-order valence-electron chi connectivity index (χ3n) is 5.95. The Balaban J connectivity index is 1.37. The molecule has 33 heavy (non-hydrogen) atoms. The fourth-order valence-electron chi connectivity index (χ4n) is 4.06. The maximum absolute atomic E-state index is 5.44. The van der Waals surface area contributed by atoms with E-state index >= 15 is 0 Å². The number of ether oxygens (including phenoxy) is 1. The second kappa shape index (κ2) is 9.60. The first-order valence-corrected chi connectivity index (χ1v) is 11.2. The Morgan fingerprint density at radius 2 is 1.94 bits per heavy atom. The smallest absolute Gasteiger partial charge is 0.240 e. The van der Waals surface area contributed by atoms with E-state index in [-0.39, 0.29) is 6.10 Å². The average molecular weight is 446 g/mol. The van der Waals surface area contributed by atoms with Gasteiger partial charge in [-0.25, -0.2) is 9.97 Å². The molecule has 0 bridgehead atoms. The highest BCUT2D eigenvalue weighted by molar-refractivity contribution is 5.91. The summed E-state index contributed by atoms with van der Waals surface area (Å²) in [7, 11) is 1.64. The molecule has 0 amide bonds. The lowest BCUT2D eigenvalue weighted by atomic mass is 10.2. The third-order valence-corrected chi connectivity index (χ3v) is 5.95. The van der Waals surface area contributed by atoms with Crippen molar-refractivity contribution in [2.24, 2.45) is 0 Å². The average Bonchev–Trinajstić information content (AvgIpc) is 3.21. The van der Waals surface area contributed by atoms with Crippen LogP contribution in [0.15, 0.2) is 53.3 Å². The Morgan fingerprint density at radius 3 is 2.79 bits per heavy atom. The summed E-state index contributed by atoms with van der Waals surface area (Å²) in [5.74, 6) is 2.87. The van der Waals surface area contributed by atoms with Gasteiger partial charge in [0.25, 0.3) is 0 Å². The molecule has 0 spiro atoms. The summed E-state index contributed by atoms with van der Waals surface area (Å²) in [4.78, 5) is 23.2. The number of methoxy groups -OCH3 is 1. The third kappa shape index (κ3) is 4.69. The molecule has 0 aliphatic carbocycles. The number of pyridine rings is 1. The number of anilines is 1. The van der Waals surface area contributed by atoms with Crippen molar-refractivity contribution in [3.63, 3.8) is 0 Å². The van der Waals surface area contributed by atoms with Crippen LogP contribution in [-0.4, -0.2) is 63.3 Å². The summed E-state index contributed by atoms with van der Waals surface area (Å²) in [6.07, 6.45) is 4.40. The van der Waals surface area contributed by atoms with Crippen LogP contribution < -0.4 is 4.90 Å².